The van der Waals surface area contributed by atoms with Crippen LogP contribution < -0.4 is 10.1 Å². The molecule has 1 aromatic heterocycles. The molecule has 0 saturated carbocycles. The Morgan fingerprint density at radius 1 is 1.39 bits per heavy atom. The van der Waals surface area contributed by atoms with E-state index in [1.54, 1.807) is 24.4 Å². The molecule has 0 unspecified atom stereocenters. The molecule has 1 aromatic carbocycles. The van der Waals surface area contributed by atoms with Crippen LogP contribution in [-0.2, 0) is 16.0 Å². The Balaban J connectivity index is 2.08. The van der Waals surface area contributed by atoms with E-state index in [0.717, 1.165) is 0 Å². The molecule has 0 saturated heterocycles. The molecule has 0 aliphatic rings. The number of hydrogen-bond acceptors (Lipinski definition) is 5. The first-order valence-electron chi connectivity index (χ1n) is 7.20. The van der Waals surface area contributed by atoms with Gasteiger partial charge in [-0.15, -0.1) is 11.3 Å². The molecule has 1 atom stereocenters. The topological polar surface area (TPSA) is 88.5 Å². The Kier molecular flexibility index (Phi) is 5.70. The number of nitrogens with one attached hydrogen (secondary N) is 1. The lowest BCUT2D eigenvalue weighted by atomic mass is 10.1. The molecule has 0 bridgehead atoms. The van der Waals surface area contributed by atoms with Gasteiger partial charge in [0, 0.05) is 5.38 Å². The molecule has 122 valence electrons. The molecule has 1 heterocycles. The maximum Gasteiger partial charge on any atom is 0.309 e. The minimum Gasteiger partial charge on any atom is -0.492 e. The lowest BCUT2D eigenvalue weighted by molar-refractivity contribution is -0.136. The van der Waals surface area contributed by atoms with Crippen molar-refractivity contribution in [2.45, 2.75) is 26.2 Å². The normalized spacial score (nSPS) is 11.7. The number of carbonyl (C=O) groups is 2. The second-order valence-electron chi connectivity index (χ2n) is 4.89. The lowest BCUT2D eigenvalue weighted by Gasteiger charge is -2.13. The Morgan fingerprint density at radius 2 is 2.13 bits per heavy atom. The molecule has 0 spiro atoms. The molecule has 0 aliphatic carbocycles. The van der Waals surface area contributed by atoms with Crippen LogP contribution in [0.25, 0.3) is 0 Å². The number of benzene rings is 1. The summed E-state index contributed by atoms with van der Waals surface area (Å²) >= 11 is 1.29. The third-order valence-corrected chi connectivity index (χ3v) is 4.19. The maximum atomic E-state index is 12.4. The molecule has 1 amide bonds. The van der Waals surface area contributed by atoms with E-state index in [1.165, 1.54) is 11.3 Å². The summed E-state index contributed by atoms with van der Waals surface area (Å²) in [6.07, 6.45) is -0.141. The molecular weight excluding hydrogens is 316 g/mol. The molecule has 23 heavy (non-hydrogen) atoms. The van der Waals surface area contributed by atoms with Crippen LogP contribution in [0.5, 0.6) is 5.75 Å². The summed E-state index contributed by atoms with van der Waals surface area (Å²) in [5.41, 5.74) is 1.07. The monoisotopic (exact) mass is 334 g/mol. The fraction of sp³-hybridized carbons (Fsp3) is 0.312. The number of carboxylic acid groups (broad SMARTS) is 1. The predicted octanol–water partition coefficient (Wildman–Crippen LogP) is 2.91. The van der Waals surface area contributed by atoms with Gasteiger partial charge in [-0.25, -0.2) is 4.98 Å². The molecule has 7 heteroatoms. The Bertz CT molecular complexity index is 699. The zero-order valence-electron chi connectivity index (χ0n) is 12.9. The van der Waals surface area contributed by atoms with Crippen molar-refractivity contribution in [1.29, 1.82) is 0 Å². The van der Waals surface area contributed by atoms with E-state index in [-0.39, 0.29) is 12.3 Å². The second kappa shape index (κ2) is 7.73. The smallest absolute Gasteiger partial charge is 0.309 e. The first kappa shape index (κ1) is 17.0. The number of para-hydroxylation sites is 2. The van der Waals surface area contributed by atoms with Crippen LogP contribution in [0.15, 0.2) is 29.6 Å². The SMILES string of the molecule is CCOc1ccccc1NC(=O)[C@H](C)c1nc(CC(=O)O)cs1. The molecule has 0 radical (unpaired) electrons. The highest BCUT2D eigenvalue weighted by atomic mass is 32.1. The number of aromatic nitrogens is 1. The molecule has 2 rings (SSSR count). The van der Waals surface area contributed by atoms with E-state index in [1.807, 2.05) is 19.1 Å². The summed E-state index contributed by atoms with van der Waals surface area (Å²) in [5, 5.41) is 13.9. The van der Waals surface area contributed by atoms with E-state index < -0.39 is 11.9 Å². The number of thiazole rings is 1. The molecule has 2 N–H and O–H groups in total. The number of nitrogens with zero attached hydrogens (tertiary/aromatic N) is 1. The first-order chi connectivity index (χ1) is 11.0. The van der Waals surface area contributed by atoms with E-state index >= 15 is 0 Å². The van der Waals surface area contributed by atoms with Crippen LogP contribution >= 0.6 is 11.3 Å². The highest BCUT2D eigenvalue weighted by molar-refractivity contribution is 7.09. The number of carboxylic acids is 1. The Morgan fingerprint density at radius 3 is 2.83 bits per heavy atom. The van der Waals surface area contributed by atoms with Crippen molar-refractivity contribution in [2.75, 3.05) is 11.9 Å². The van der Waals surface area contributed by atoms with Crippen LogP contribution in [0.1, 0.15) is 30.5 Å². The Labute approximate surface area is 138 Å². The van der Waals surface area contributed by atoms with Crippen molar-refractivity contribution in [1.82, 2.24) is 4.98 Å². The van der Waals surface area contributed by atoms with Crippen molar-refractivity contribution in [3.8, 4) is 5.75 Å². The van der Waals surface area contributed by atoms with Gasteiger partial charge >= 0.3 is 5.97 Å². The van der Waals surface area contributed by atoms with Gasteiger partial charge in [-0.05, 0) is 26.0 Å². The van der Waals surface area contributed by atoms with Crippen molar-refractivity contribution in [3.63, 3.8) is 0 Å². The average Bonchev–Trinajstić information content (AvgIpc) is 2.96. The largest absolute Gasteiger partial charge is 0.492 e. The lowest BCUT2D eigenvalue weighted by Crippen LogP contribution is -2.19. The zero-order chi connectivity index (χ0) is 16.8. The summed E-state index contributed by atoms with van der Waals surface area (Å²) in [7, 11) is 0. The number of anilines is 1. The van der Waals surface area contributed by atoms with Gasteiger partial charge in [0.05, 0.1) is 30.3 Å². The molecule has 0 fully saturated rings. The number of rotatable bonds is 7. The maximum absolute atomic E-state index is 12.4. The molecule has 2 aromatic rings. The summed E-state index contributed by atoms with van der Waals surface area (Å²) < 4.78 is 5.48. The van der Waals surface area contributed by atoms with Gasteiger partial charge in [0.2, 0.25) is 5.91 Å². The van der Waals surface area contributed by atoms with Gasteiger partial charge in [-0.2, -0.15) is 0 Å². The summed E-state index contributed by atoms with van der Waals surface area (Å²) in [5.74, 6) is -1.02. The second-order valence-corrected chi connectivity index (χ2v) is 5.78. The average molecular weight is 334 g/mol. The van der Waals surface area contributed by atoms with Crippen LogP contribution in [-0.4, -0.2) is 28.6 Å². The van der Waals surface area contributed by atoms with Gasteiger partial charge in [0.1, 0.15) is 10.8 Å². The van der Waals surface area contributed by atoms with E-state index in [2.05, 4.69) is 10.3 Å². The quantitative estimate of drug-likeness (QED) is 0.813. The standard InChI is InChI=1S/C16H18N2O4S/c1-3-22-13-7-5-4-6-12(13)18-15(21)10(2)16-17-11(9-23-16)8-14(19)20/h4-7,9-10H,3,8H2,1-2H3,(H,18,21)(H,19,20)/t10-/m0/s1. The highest BCUT2D eigenvalue weighted by Gasteiger charge is 2.20. The third kappa shape index (κ3) is 4.53. The van der Waals surface area contributed by atoms with Crippen molar-refractivity contribution in [2.24, 2.45) is 0 Å². The number of hydrogen-bond donors (Lipinski definition) is 2. The van der Waals surface area contributed by atoms with Gasteiger partial charge in [0.15, 0.2) is 0 Å². The fourth-order valence-corrected chi connectivity index (χ4v) is 2.84. The zero-order valence-corrected chi connectivity index (χ0v) is 13.7. The van der Waals surface area contributed by atoms with Crippen LogP contribution in [0.3, 0.4) is 0 Å². The highest BCUT2D eigenvalue weighted by Crippen LogP contribution is 2.27. The number of carbonyl (C=O) groups excluding carboxylic acids is 1. The summed E-state index contributed by atoms with van der Waals surface area (Å²) in [4.78, 5) is 27.3. The van der Waals surface area contributed by atoms with Crippen LogP contribution in [0.4, 0.5) is 5.69 Å². The van der Waals surface area contributed by atoms with Crippen LogP contribution in [0.2, 0.25) is 0 Å². The van der Waals surface area contributed by atoms with E-state index in [9.17, 15) is 9.59 Å². The summed E-state index contributed by atoms with van der Waals surface area (Å²) in [6, 6.07) is 7.21. The predicted molar refractivity (Wildman–Crippen MR) is 88.1 cm³/mol. The van der Waals surface area contributed by atoms with E-state index in [4.69, 9.17) is 9.84 Å². The van der Waals surface area contributed by atoms with Gasteiger partial charge in [-0.3, -0.25) is 9.59 Å². The first-order valence-corrected chi connectivity index (χ1v) is 8.08. The molecule has 0 aliphatic heterocycles. The van der Waals surface area contributed by atoms with Crippen LogP contribution in [0, 0.1) is 0 Å². The van der Waals surface area contributed by atoms with Gasteiger partial charge < -0.3 is 15.2 Å². The molecular formula is C16H18N2O4S. The minimum atomic E-state index is -0.940. The fourth-order valence-electron chi connectivity index (χ4n) is 1.96. The van der Waals surface area contributed by atoms with Gasteiger partial charge in [0.25, 0.3) is 0 Å². The summed E-state index contributed by atoms with van der Waals surface area (Å²) in [6.45, 7) is 4.12. The number of amides is 1. The minimum absolute atomic E-state index is 0.141. The number of aliphatic carboxylic acids is 1. The van der Waals surface area contributed by atoms with E-state index in [0.29, 0.717) is 28.7 Å². The van der Waals surface area contributed by atoms with Crippen molar-refractivity contribution >= 4 is 28.9 Å². The van der Waals surface area contributed by atoms with Gasteiger partial charge in [-0.1, -0.05) is 12.1 Å². The van der Waals surface area contributed by atoms with Crippen molar-refractivity contribution < 1.29 is 19.4 Å². The number of ether oxygens (including phenoxy) is 1. The van der Waals surface area contributed by atoms with Crippen molar-refractivity contribution in [3.05, 3.63) is 40.3 Å². The Hall–Kier alpha value is -2.41. The molecule has 6 nitrogen and oxygen atoms in total. The third-order valence-electron chi connectivity index (χ3n) is 3.11.